The van der Waals surface area contributed by atoms with Crippen molar-refractivity contribution in [1.29, 1.82) is 0 Å². The molecule has 116 valence electrons. The SMILES string of the molecule is CN(C)C(CNC(=O)C1(O)CCSC1)C1CCCCC1. The molecule has 1 saturated heterocycles. The zero-order valence-electron chi connectivity index (χ0n) is 12.7. The number of likely N-dealkylation sites (N-methyl/N-ethyl adjacent to an activating group) is 1. The number of amides is 1. The van der Waals surface area contributed by atoms with Gasteiger partial charge in [0, 0.05) is 18.3 Å². The summed E-state index contributed by atoms with van der Waals surface area (Å²) in [4.78, 5) is 14.4. The Bertz CT molecular complexity index is 324. The van der Waals surface area contributed by atoms with Crippen molar-refractivity contribution < 1.29 is 9.90 Å². The van der Waals surface area contributed by atoms with E-state index in [1.807, 2.05) is 0 Å². The van der Waals surface area contributed by atoms with Gasteiger partial charge in [0.2, 0.25) is 0 Å². The first-order valence-electron chi connectivity index (χ1n) is 7.78. The van der Waals surface area contributed by atoms with E-state index >= 15 is 0 Å². The van der Waals surface area contributed by atoms with E-state index in [1.165, 1.54) is 32.1 Å². The van der Waals surface area contributed by atoms with E-state index in [-0.39, 0.29) is 5.91 Å². The normalized spacial score (nSPS) is 29.6. The van der Waals surface area contributed by atoms with Crippen LogP contribution >= 0.6 is 11.8 Å². The van der Waals surface area contributed by atoms with Crippen LogP contribution in [0.15, 0.2) is 0 Å². The number of hydrogen-bond acceptors (Lipinski definition) is 4. The lowest BCUT2D eigenvalue weighted by Crippen LogP contribution is -2.52. The van der Waals surface area contributed by atoms with Crippen molar-refractivity contribution >= 4 is 17.7 Å². The van der Waals surface area contributed by atoms with E-state index in [4.69, 9.17) is 0 Å². The smallest absolute Gasteiger partial charge is 0.252 e. The fraction of sp³-hybridized carbons (Fsp3) is 0.933. The van der Waals surface area contributed by atoms with Crippen molar-refractivity contribution in [2.24, 2.45) is 5.92 Å². The van der Waals surface area contributed by atoms with Gasteiger partial charge in [0.15, 0.2) is 5.60 Å². The highest BCUT2D eigenvalue weighted by atomic mass is 32.2. The van der Waals surface area contributed by atoms with Crippen LogP contribution in [0.2, 0.25) is 0 Å². The molecule has 2 unspecified atom stereocenters. The van der Waals surface area contributed by atoms with Crippen molar-refractivity contribution in [3.05, 3.63) is 0 Å². The third-order valence-corrected chi connectivity index (χ3v) is 5.93. The highest BCUT2D eigenvalue weighted by molar-refractivity contribution is 7.99. The van der Waals surface area contributed by atoms with Crippen LogP contribution < -0.4 is 5.32 Å². The van der Waals surface area contributed by atoms with Crippen molar-refractivity contribution in [3.63, 3.8) is 0 Å². The zero-order valence-corrected chi connectivity index (χ0v) is 13.5. The Hall–Kier alpha value is -0.260. The van der Waals surface area contributed by atoms with Gasteiger partial charge in [-0.1, -0.05) is 19.3 Å². The molecule has 1 heterocycles. The highest BCUT2D eigenvalue weighted by Crippen LogP contribution is 2.29. The summed E-state index contributed by atoms with van der Waals surface area (Å²) in [6.07, 6.45) is 7.07. The van der Waals surface area contributed by atoms with Crippen LogP contribution in [0.5, 0.6) is 0 Å². The van der Waals surface area contributed by atoms with E-state index in [0.717, 1.165) is 5.75 Å². The van der Waals surface area contributed by atoms with Gasteiger partial charge in [0.1, 0.15) is 0 Å². The quantitative estimate of drug-likeness (QED) is 0.807. The third kappa shape index (κ3) is 3.89. The maximum absolute atomic E-state index is 12.2. The molecule has 4 nitrogen and oxygen atoms in total. The molecule has 2 rings (SSSR count). The minimum absolute atomic E-state index is 0.176. The fourth-order valence-corrected chi connectivity index (χ4v) is 4.62. The number of nitrogens with zero attached hydrogens (tertiary/aromatic N) is 1. The van der Waals surface area contributed by atoms with Crippen LogP contribution in [0.3, 0.4) is 0 Å². The van der Waals surface area contributed by atoms with Gasteiger partial charge in [-0.25, -0.2) is 0 Å². The van der Waals surface area contributed by atoms with Gasteiger partial charge in [0.25, 0.3) is 5.91 Å². The zero-order chi connectivity index (χ0) is 14.6. The van der Waals surface area contributed by atoms with Gasteiger partial charge in [0.05, 0.1) is 0 Å². The van der Waals surface area contributed by atoms with Gasteiger partial charge in [-0.15, -0.1) is 0 Å². The number of carbonyl (C=O) groups excluding carboxylic acids is 1. The number of aliphatic hydroxyl groups is 1. The first-order valence-corrected chi connectivity index (χ1v) is 8.93. The summed E-state index contributed by atoms with van der Waals surface area (Å²) in [5, 5.41) is 13.3. The molecule has 5 heteroatoms. The molecule has 1 aliphatic carbocycles. The third-order valence-electron chi connectivity index (χ3n) is 4.75. The van der Waals surface area contributed by atoms with Crippen LogP contribution in [0.4, 0.5) is 0 Å². The van der Waals surface area contributed by atoms with Crippen molar-refractivity contribution in [1.82, 2.24) is 10.2 Å². The second-order valence-electron chi connectivity index (χ2n) is 6.47. The van der Waals surface area contributed by atoms with Gasteiger partial charge >= 0.3 is 0 Å². The van der Waals surface area contributed by atoms with Crippen LogP contribution in [0, 0.1) is 5.92 Å². The second-order valence-corrected chi connectivity index (χ2v) is 7.58. The summed E-state index contributed by atoms with van der Waals surface area (Å²) in [6, 6.07) is 0.386. The maximum Gasteiger partial charge on any atom is 0.252 e. The molecular formula is C15H28N2O2S. The minimum Gasteiger partial charge on any atom is -0.379 e. The average molecular weight is 300 g/mol. The van der Waals surface area contributed by atoms with E-state index in [9.17, 15) is 9.90 Å². The Balaban J connectivity index is 1.86. The molecule has 2 atom stereocenters. The van der Waals surface area contributed by atoms with Crippen LogP contribution in [0.25, 0.3) is 0 Å². The first-order chi connectivity index (χ1) is 9.53. The molecule has 0 bridgehead atoms. The molecule has 0 aromatic heterocycles. The van der Waals surface area contributed by atoms with Gasteiger partial charge < -0.3 is 15.3 Å². The van der Waals surface area contributed by atoms with Crippen molar-refractivity contribution in [2.75, 3.05) is 32.1 Å². The van der Waals surface area contributed by atoms with Crippen LogP contribution in [-0.2, 0) is 4.79 Å². The summed E-state index contributed by atoms with van der Waals surface area (Å²) in [5.74, 6) is 1.91. The summed E-state index contributed by atoms with van der Waals surface area (Å²) < 4.78 is 0. The Morgan fingerprint density at radius 3 is 2.65 bits per heavy atom. The van der Waals surface area contributed by atoms with E-state index in [1.54, 1.807) is 11.8 Å². The lowest BCUT2D eigenvalue weighted by atomic mass is 9.83. The number of rotatable bonds is 5. The van der Waals surface area contributed by atoms with Crippen molar-refractivity contribution in [3.8, 4) is 0 Å². The number of thioether (sulfide) groups is 1. The molecule has 2 aliphatic rings. The van der Waals surface area contributed by atoms with Crippen LogP contribution in [-0.4, -0.2) is 59.7 Å². The lowest BCUT2D eigenvalue weighted by Gasteiger charge is -2.35. The van der Waals surface area contributed by atoms with E-state index in [2.05, 4.69) is 24.3 Å². The van der Waals surface area contributed by atoms with Gasteiger partial charge in [-0.2, -0.15) is 11.8 Å². The Labute approximate surface area is 126 Å². The van der Waals surface area contributed by atoms with E-state index < -0.39 is 5.60 Å². The first kappa shape index (κ1) is 16.1. The van der Waals surface area contributed by atoms with Crippen LogP contribution in [0.1, 0.15) is 38.5 Å². The molecule has 1 amide bonds. The fourth-order valence-electron chi connectivity index (χ4n) is 3.38. The number of hydrogen-bond donors (Lipinski definition) is 2. The average Bonchev–Trinajstić information content (AvgIpc) is 2.88. The summed E-state index contributed by atoms with van der Waals surface area (Å²) in [6.45, 7) is 0.656. The maximum atomic E-state index is 12.2. The molecule has 2 fully saturated rings. The molecule has 0 aromatic rings. The van der Waals surface area contributed by atoms with Gasteiger partial charge in [-0.05, 0) is 45.0 Å². The summed E-state index contributed by atoms with van der Waals surface area (Å²) in [5.41, 5.74) is -1.13. The number of carbonyl (C=O) groups is 1. The topological polar surface area (TPSA) is 52.6 Å². The lowest BCUT2D eigenvalue weighted by molar-refractivity contribution is -0.137. The largest absolute Gasteiger partial charge is 0.379 e. The summed E-state index contributed by atoms with van der Waals surface area (Å²) >= 11 is 1.66. The Morgan fingerprint density at radius 2 is 2.10 bits per heavy atom. The minimum atomic E-state index is -1.13. The standard InChI is InChI=1S/C15H28N2O2S/c1-17(2)13(12-6-4-3-5-7-12)10-16-14(18)15(19)8-9-20-11-15/h12-13,19H,3-11H2,1-2H3,(H,16,18). The molecule has 1 aliphatic heterocycles. The highest BCUT2D eigenvalue weighted by Gasteiger charge is 2.39. The molecule has 0 aromatic carbocycles. The van der Waals surface area contributed by atoms with Gasteiger partial charge in [-0.3, -0.25) is 4.79 Å². The predicted molar refractivity (Wildman–Crippen MR) is 84.0 cm³/mol. The molecule has 2 N–H and O–H groups in total. The Kier molecular flexibility index (Phi) is 5.75. The monoisotopic (exact) mass is 300 g/mol. The molecule has 0 spiro atoms. The molecule has 1 saturated carbocycles. The molecule has 20 heavy (non-hydrogen) atoms. The van der Waals surface area contributed by atoms with Crippen molar-refractivity contribution in [2.45, 2.75) is 50.2 Å². The predicted octanol–water partition coefficient (Wildman–Crippen LogP) is 1.48. The second kappa shape index (κ2) is 7.14. The molecular weight excluding hydrogens is 272 g/mol. The summed E-state index contributed by atoms with van der Waals surface area (Å²) in [7, 11) is 4.18. The molecule has 0 radical (unpaired) electrons. The number of nitrogens with one attached hydrogen (secondary N) is 1. The van der Waals surface area contributed by atoms with E-state index in [0.29, 0.717) is 30.7 Å². The Morgan fingerprint density at radius 1 is 1.40 bits per heavy atom.